The molecule has 88 valence electrons. The number of pyridine rings is 1. The maximum absolute atomic E-state index is 12.3. The summed E-state index contributed by atoms with van der Waals surface area (Å²) in [4.78, 5) is 4.02. The lowest BCUT2D eigenvalue weighted by molar-refractivity contribution is -0.137. The van der Waals surface area contributed by atoms with Crippen LogP contribution < -0.4 is 0 Å². The highest BCUT2D eigenvalue weighted by Gasteiger charge is 2.29. The van der Waals surface area contributed by atoms with Crippen molar-refractivity contribution >= 4 is 11.6 Å². The molecule has 0 saturated heterocycles. The van der Waals surface area contributed by atoms with E-state index in [0.717, 1.165) is 12.1 Å². The minimum absolute atomic E-state index is 0.308. The van der Waals surface area contributed by atoms with Crippen LogP contribution in [0.3, 0.4) is 0 Å². The zero-order valence-electron chi connectivity index (χ0n) is 8.50. The summed E-state index contributed by atoms with van der Waals surface area (Å²) in [5.41, 5.74) is 0.468. The molecule has 0 N–H and O–H groups in total. The number of hydrogen-bond acceptors (Lipinski definition) is 1. The van der Waals surface area contributed by atoms with Crippen LogP contribution in [0.5, 0.6) is 0 Å². The van der Waals surface area contributed by atoms with E-state index in [-0.39, 0.29) is 0 Å². The van der Waals surface area contributed by atoms with Gasteiger partial charge in [0.15, 0.2) is 0 Å². The van der Waals surface area contributed by atoms with Crippen LogP contribution in [-0.4, -0.2) is 4.98 Å². The number of aromatic nitrogens is 1. The van der Waals surface area contributed by atoms with Crippen molar-refractivity contribution in [1.29, 1.82) is 0 Å². The van der Waals surface area contributed by atoms with Crippen molar-refractivity contribution in [2.75, 3.05) is 0 Å². The second-order valence-corrected chi connectivity index (χ2v) is 3.81. The fourth-order valence-corrected chi connectivity index (χ4v) is 1.56. The Morgan fingerprint density at radius 1 is 0.941 bits per heavy atom. The first kappa shape index (κ1) is 11.9. The molecule has 2 rings (SSSR count). The van der Waals surface area contributed by atoms with Crippen LogP contribution in [-0.2, 0) is 6.18 Å². The van der Waals surface area contributed by atoms with Crippen LogP contribution in [0.2, 0.25) is 5.15 Å². The maximum Gasteiger partial charge on any atom is 0.416 e. The smallest absolute Gasteiger partial charge is 0.236 e. The monoisotopic (exact) mass is 257 g/mol. The second-order valence-electron chi connectivity index (χ2n) is 3.42. The van der Waals surface area contributed by atoms with Gasteiger partial charge in [-0.05, 0) is 24.3 Å². The average molecular weight is 258 g/mol. The van der Waals surface area contributed by atoms with Gasteiger partial charge in [-0.2, -0.15) is 13.2 Å². The molecule has 0 atom stereocenters. The molecule has 5 heteroatoms. The standard InChI is InChI=1S/C12H7ClF3N/c13-11-3-1-2-10(17-11)8-4-6-9(7-5-8)12(14,15)16/h1-7H. The van der Waals surface area contributed by atoms with Crippen molar-refractivity contribution in [1.82, 2.24) is 4.98 Å². The SMILES string of the molecule is FC(F)(F)c1ccc(-c2cccc(Cl)n2)cc1. The quantitative estimate of drug-likeness (QED) is 0.689. The van der Waals surface area contributed by atoms with Gasteiger partial charge in [0, 0.05) is 5.56 Å². The lowest BCUT2D eigenvalue weighted by Crippen LogP contribution is -2.04. The Morgan fingerprint density at radius 2 is 1.59 bits per heavy atom. The van der Waals surface area contributed by atoms with Crippen molar-refractivity contribution in [3.05, 3.63) is 53.2 Å². The summed E-state index contributed by atoms with van der Waals surface area (Å²) in [6, 6.07) is 9.80. The maximum atomic E-state index is 12.3. The van der Waals surface area contributed by atoms with E-state index in [2.05, 4.69) is 4.98 Å². The number of halogens is 4. The summed E-state index contributed by atoms with van der Waals surface area (Å²) in [5.74, 6) is 0. The Bertz CT molecular complexity index is 520. The Morgan fingerprint density at radius 3 is 2.12 bits per heavy atom. The van der Waals surface area contributed by atoms with Crippen molar-refractivity contribution in [3.63, 3.8) is 0 Å². The molecule has 1 heterocycles. The molecule has 1 nitrogen and oxygen atoms in total. The van der Waals surface area contributed by atoms with Gasteiger partial charge in [-0.3, -0.25) is 0 Å². The molecule has 0 aliphatic rings. The van der Waals surface area contributed by atoms with Gasteiger partial charge in [0.25, 0.3) is 0 Å². The number of rotatable bonds is 1. The molecule has 17 heavy (non-hydrogen) atoms. The molecule has 0 fully saturated rings. The van der Waals surface area contributed by atoms with E-state index in [9.17, 15) is 13.2 Å². The van der Waals surface area contributed by atoms with Gasteiger partial charge in [0.05, 0.1) is 11.3 Å². The number of alkyl halides is 3. The van der Waals surface area contributed by atoms with Crippen LogP contribution in [0, 0.1) is 0 Å². The van der Waals surface area contributed by atoms with Gasteiger partial charge >= 0.3 is 6.18 Å². The van der Waals surface area contributed by atoms with Gasteiger partial charge in [-0.25, -0.2) is 4.98 Å². The molecule has 2 aromatic rings. The molecule has 0 radical (unpaired) electrons. The molecule has 0 aliphatic carbocycles. The van der Waals surface area contributed by atoms with E-state index in [1.165, 1.54) is 12.1 Å². The average Bonchev–Trinajstić information content (AvgIpc) is 2.28. The normalized spacial score (nSPS) is 11.5. The van der Waals surface area contributed by atoms with Crippen LogP contribution in [0.25, 0.3) is 11.3 Å². The third kappa shape index (κ3) is 2.77. The van der Waals surface area contributed by atoms with E-state index < -0.39 is 11.7 Å². The summed E-state index contributed by atoms with van der Waals surface area (Å²) < 4.78 is 37.0. The fraction of sp³-hybridized carbons (Fsp3) is 0.0833. The highest BCUT2D eigenvalue weighted by Crippen LogP contribution is 2.30. The Labute approximate surface area is 101 Å². The molecule has 0 amide bonds. The molecule has 0 spiro atoms. The summed E-state index contributed by atoms with van der Waals surface area (Å²) in [7, 11) is 0. The molecule has 0 bridgehead atoms. The van der Waals surface area contributed by atoms with E-state index in [1.54, 1.807) is 18.2 Å². The number of nitrogens with zero attached hydrogens (tertiary/aromatic N) is 1. The second kappa shape index (κ2) is 4.37. The Kier molecular flexibility index (Phi) is 3.07. The van der Waals surface area contributed by atoms with Crippen LogP contribution in [0.15, 0.2) is 42.5 Å². The summed E-state index contributed by atoms with van der Waals surface area (Å²) in [6.45, 7) is 0. The highest BCUT2D eigenvalue weighted by molar-refractivity contribution is 6.29. The van der Waals surface area contributed by atoms with E-state index in [4.69, 9.17) is 11.6 Å². The first-order valence-corrected chi connectivity index (χ1v) is 5.15. The van der Waals surface area contributed by atoms with E-state index in [0.29, 0.717) is 16.4 Å². The zero-order chi connectivity index (χ0) is 12.5. The zero-order valence-corrected chi connectivity index (χ0v) is 9.26. The van der Waals surface area contributed by atoms with Gasteiger partial charge < -0.3 is 0 Å². The predicted molar refractivity (Wildman–Crippen MR) is 59.7 cm³/mol. The largest absolute Gasteiger partial charge is 0.416 e. The lowest BCUT2D eigenvalue weighted by atomic mass is 10.1. The van der Waals surface area contributed by atoms with Crippen molar-refractivity contribution in [2.45, 2.75) is 6.18 Å². The summed E-state index contributed by atoms with van der Waals surface area (Å²) >= 11 is 5.71. The molecular formula is C12H7ClF3N. The summed E-state index contributed by atoms with van der Waals surface area (Å²) in [6.07, 6.45) is -4.32. The minimum Gasteiger partial charge on any atom is -0.236 e. The first-order valence-electron chi connectivity index (χ1n) is 4.77. The first-order chi connectivity index (χ1) is 7.97. The van der Waals surface area contributed by atoms with Crippen molar-refractivity contribution < 1.29 is 13.2 Å². The lowest BCUT2D eigenvalue weighted by Gasteiger charge is -2.07. The molecular weight excluding hydrogens is 251 g/mol. The molecule has 1 aromatic heterocycles. The van der Waals surface area contributed by atoms with Gasteiger partial charge in [0.1, 0.15) is 5.15 Å². The minimum atomic E-state index is -4.32. The Hall–Kier alpha value is -1.55. The van der Waals surface area contributed by atoms with Crippen LogP contribution >= 0.6 is 11.6 Å². The van der Waals surface area contributed by atoms with Crippen molar-refractivity contribution in [2.24, 2.45) is 0 Å². The molecule has 0 aliphatic heterocycles. The fourth-order valence-electron chi connectivity index (χ4n) is 1.40. The molecule has 0 saturated carbocycles. The third-order valence-electron chi connectivity index (χ3n) is 2.22. The van der Waals surface area contributed by atoms with Crippen LogP contribution in [0.4, 0.5) is 13.2 Å². The topological polar surface area (TPSA) is 12.9 Å². The Balaban J connectivity index is 2.36. The van der Waals surface area contributed by atoms with E-state index in [1.807, 2.05) is 0 Å². The van der Waals surface area contributed by atoms with Crippen LogP contribution in [0.1, 0.15) is 5.56 Å². The predicted octanol–water partition coefficient (Wildman–Crippen LogP) is 4.42. The van der Waals surface area contributed by atoms with E-state index >= 15 is 0 Å². The number of benzene rings is 1. The number of hydrogen-bond donors (Lipinski definition) is 0. The highest BCUT2D eigenvalue weighted by atomic mass is 35.5. The summed E-state index contributed by atoms with van der Waals surface area (Å²) in [5, 5.41) is 0.308. The van der Waals surface area contributed by atoms with Gasteiger partial charge in [0.2, 0.25) is 0 Å². The third-order valence-corrected chi connectivity index (χ3v) is 2.43. The van der Waals surface area contributed by atoms with Gasteiger partial charge in [-0.15, -0.1) is 0 Å². The van der Waals surface area contributed by atoms with Gasteiger partial charge in [-0.1, -0.05) is 29.8 Å². The molecule has 1 aromatic carbocycles. The molecule has 0 unspecified atom stereocenters. The van der Waals surface area contributed by atoms with Crippen molar-refractivity contribution in [3.8, 4) is 11.3 Å².